The monoisotopic (exact) mass is 493 g/mol. The number of hydrogen-bond acceptors (Lipinski definition) is 5. The molecule has 1 aromatic carbocycles. The van der Waals surface area contributed by atoms with Gasteiger partial charge in [-0.1, -0.05) is 13.8 Å². The zero-order valence-corrected chi connectivity index (χ0v) is 20.8. The Hall–Kier alpha value is -2.34. The molecule has 11 heteroatoms. The highest BCUT2D eigenvalue weighted by Crippen LogP contribution is 2.25. The van der Waals surface area contributed by atoms with Crippen LogP contribution in [0.5, 0.6) is 0 Å². The van der Waals surface area contributed by atoms with Gasteiger partial charge in [0.2, 0.25) is 0 Å². The zero-order chi connectivity index (χ0) is 24.6. The molecule has 9 nitrogen and oxygen atoms in total. The molecule has 2 saturated heterocycles. The Morgan fingerprint density at radius 2 is 1.62 bits per heavy atom. The Morgan fingerprint density at radius 1 is 1.03 bits per heavy atom. The van der Waals surface area contributed by atoms with Crippen molar-refractivity contribution in [1.82, 2.24) is 23.3 Å². The Balaban J connectivity index is 1.48. The number of carbonyl (C=O) groups is 1. The molecule has 1 amide bonds. The van der Waals surface area contributed by atoms with Crippen LogP contribution in [0.25, 0.3) is 5.69 Å². The van der Waals surface area contributed by atoms with E-state index in [0.29, 0.717) is 37.4 Å². The predicted octanol–water partition coefficient (Wildman–Crippen LogP) is 2.25. The maximum Gasteiger partial charge on any atom is 0.282 e. The number of piperazine rings is 1. The summed E-state index contributed by atoms with van der Waals surface area (Å²) in [5.41, 5.74) is 1.89. The SMILES string of the molecule is CC1CN(S(=O)(=O)N2CCN(C(=O)c3cnn(-c4ccc(F)cc4)c3C(C)C)CC2)CC(C)O1. The van der Waals surface area contributed by atoms with Crippen molar-refractivity contribution < 1.29 is 22.3 Å². The molecular weight excluding hydrogens is 461 g/mol. The van der Waals surface area contributed by atoms with Gasteiger partial charge in [0.15, 0.2) is 0 Å². The van der Waals surface area contributed by atoms with Crippen LogP contribution < -0.4 is 0 Å². The summed E-state index contributed by atoms with van der Waals surface area (Å²) in [6.45, 7) is 9.40. The molecule has 0 radical (unpaired) electrons. The van der Waals surface area contributed by atoms with Gasteiger partial charge in [-0.15, -0.1) is 0 Å². The van der Waals surface area contributed by atoms with Crippen molar-refractivity contribution in [3.8, 4) is 5.69 Å². The van der Waals surface area contributed by atoms with E-state index in [9.17, 15) is 17.6 Å². The first-order valence-electron chi connectivity index (χ1n) is 11.6. The Kier molecular flexibility index (Phi) is 7.09. The highest BCUT2D eigenvalue weighted by molar-refractivity contribution is 7.86. The van der Waals surface area contributed by atoms with Crippen molar-refractivity contribution in [2.24, 2.45) is 0 Å². The minimum Gasteiger partial charge on any atom is -0.373 e. The number of rotatable bonds is 5. The highest BCUT2D eigenvalue weighted by Gasteiger charge is 2.38. The van der Waals surface area contributed by atoms with Crippen molar-refractivity contribution in [3.05, 3.63) is 47.5 Å². The lowest BCUT2D eigenvalue weighted by Crippen LogP contribution is -2.57. The molecule has 2 unspecified atom stereocenters. The maximum atomic E-state index is 13.4. The van der Waals surface area contributed by atoms with Crippen molar-refractivity contribution in [3.63, 3.8) is 0 Å². The number of benzene rings is 1. The van der Waals surface area contributed by atoms with Gasteiger partial charge in [0.1, 0.15) is 5.82 Å². The van der Waals surface area contributed by atoms with Crippen LogP contribution in [0, 0.1) is 5.82 Å². The third-order valence-corrected chi connectivity index (χ3v) is 8.19. The largest absolute Gasteiger partial charge is 0.373 e. The summed E-state index contributed by atoms with van der Waals surface area (Å²) in [5.74, 6) is -0.520. The lowest BCUT2D eigenvalue weighted by Gasteiger charge is -2.40. The van der Waals surface area contributed by atoms with Gasteiger partial charge in [0.25, 0.3) is 16.1 Å². The van der Waals surface area contributed by atoms with Gasteiger partial charge < -0.3 is 9.64 Å². The summed E-state index contributed by atoms with van der Waals surface area (Å²) >= 11 is 0. The number of halogens is 1. The summed E-state index contributed by atoms with van der Waals surface area (Å²) in [7, 11) is -3.62. The average molecular weight is 494 g/mol. The van der Waals surface area contributed by atoms with E-state index in [0.717, 1.165) is 5.69 Å². The van der Waals surface area contributed by atoms with E-state index in [2.05, 4.69) is 5.10 Å². The fourth-order valence-electron chi connectivity index (χ4n) is 4.64. The number of morpholine rings is 1. The topological polar surface area (TPSA) is 88.0 Å². The molecule has 2 aliphatic heterocycles. The van der Waals surface area contributed by atoms with E-state index in [1.165, 1.54) is 20.7 Å². The molecule has 1 aromatic heterocycles. The fraction of sp³-hybridized carbons (Fsp3) is 0.565. The number of amides is 1. The van der Waals surface area contributed by atoms with Crippen LogP contribution in [-0.4, -0.2) is 89.1 Å². The second-order valence-corrected chi connectivity index (χ2v) is 11.2. The van der Waals surface area contributed by atoms with Gasteiger partial charge >= 0.3 is 0 Å². The first-order valence-corrected chi connectivity index (χ1v) is 13.0. The summed E-state index contributed by atoms with van der Waals surface area (Å²) in [6, 6.07) is 5.97. The smallest absolute Gasteiger partial charge is 0.282 e. The lowest BCUT2D eigenvalue weighted by atomic mass is 10.0. The third kappa shape index (κ3) is 4.88. The second-order valence-electron chi connectivity index (χ2n) is 9.26. The summed E-state index contributed by atoms with van der Waals surface area (Å²) < 4.78 is 49.9. The number of carbonyl (C=O) groups excluding carboxylic acids is 1. The van der Waals surface area contributed by atoms with Crippen LogP contribution in [0.4, 0.5) is 4.39 Å². The second kappa shape index (κ2) is 9.73. The molecule has 4 rings (SSSR count). The average Bonchev–Trinajstić information content (AvgIpc) is 3.24. The summed E-state index contributed by atoms with van der Waals surface area (Å²) in [5, 5.41) is 4.40. The lowest BCUT2D eigenvalue weighted by molar-refractivity contribution is -0.0457. The molecule has 0 saturated carbocycles. The molecule has 0 spiro atoms. The first-order chi connectivity index (χ1) is 16.1. The molecular formula is C23H32FN5O4S. The van der Waals surface area contributed by atoms with Gasteiger partial charge in [-0.2, -0.15) is 22.1 Å². The normalized spacial score (nSPS) is 22.9. The Labute approximate surface area is 200 Å². The van der Waals surface area contributed by atoms with E-state index in [4.69, 9.17) is 4.74 Å². The number of ether oxygens (including phenoxy) is 1. The van der Waals surface area contributed by atoms with Crippen molar-refractivity contribution in [2.45, 2.75) is 45.8 Å². The van der Waals surface area contributed by atoms with E-state index < -0.39 is 10.2 Å². The predicted molar refractivity (Wildman–Crippen MR) is 126 cm³/mol. The van der Waals surface area contributed by atoms with Gasteiger partial charge in [0, 0.05) is 39.3 Å². The van der Waals surface area contributed by atoms with Crippen LogP contribution in [0.2, 0.25) is 0 Å². The van der Waals surface area contributed by atoms with Crippen LogP contribution in [-0.2, 0) is 14.9 Å². The third-order valence-electron chi connectivity index (χ3n) is 6.22. The molecule has 2 aromatic rings. The molecule has 2 fully saturated rings. The van der Waals surface area contributed by atoms with Gasteiger partial charge in [-0.05, 0) is 44.0 Å². The summed E-state index contributed by atoms with van der Waals surface area (Å²) in [4.78, 5) is 15.1. The number of aromatic nitrogens is 2. The van der Waals surface area contributed by atoms with E-state index in [-0.39, 0.29) is 42.9 Å². The molecule has 0 aliphatic carbocycles. The van der Waals surface area contributed by atoms with Crippen LogP contribution in [0.15, 0.2) is 30.5 Å². The van der Waals surface area contributed by atoms with Crippen molar-refractivity contribution in [1.29, 1.82) is 0 Å². The molecule has 0 N–H and O–H groups in total. The van der Waals surface area contributed by atoms with E-state index in [1.54, 1.807) is 27.9 Å². The summed E-state index contributed by atoms with van der Waals surface area (Å²) in [6.07, 6.45) is 1.22. The van der Waals surface area contributed by atoms with Crippen molar-refractivity contribution >= 4 is 16.1 Å². The van der Waals surface area contributed by atoms with Crippen LogP contribution in [0.1, 0.15) is 49.7 Å². The molecule has 3 heterocycles. The number of nitrogens with zero attached hydrogens (tertiary/aromatic N) is 5. The minimum atomic E-state index is -3.62. The molecule has 186 valence electrons. The molecule has 2 aliphatic rings. The van der Waals surface area contributed by atoms with Crippen molar-refractivity contribution in [2.75, 3.05) is 39.3 Å². The van der Waals surface area contributed by atoms with Crippen LogP contribution in [0.3, 0.4) is 0 Å². The molecule has 0 bridgehead atoms. The molecule has 34 heavy (non-hydrogen) atoms. The minimum absolute atomic E-state index is 0.00142. The quantitative estimate of drug-likeness (QED) is 0.638. The first kappa shape index (κ1) is 24.8. The maximum absolute atomic E-state index is 13.4. The van der Waals surface area contributed by atoms with Crippen LogP contribution >= 0.6 is 0 Å². The van der Waals surface area contributed by atoms with E-state index >= 15 is 0 Å². The Morgan fingerprint density at radius 3 is 2.18 bits per heavy atom. The Bertz CT molecular complexity index is 1120. The van der Waals surface area contributed by atoms with Gasteiger partial charge in [-0.25, -0.2) is 9.07 Å². The highest BCUT2D eigenvalue weighted by atomic mass is 32.2. The van der Waals surface area contributed by atoms with E-state index in [1.807, 2.05) is 27.7 Å². The fourth-order valence-corrected chi connectivity index (χ4v) is 6.39. The van der Waals surface area contributed by atoms with Gasteiger partial charge in [-0.3, -0.25) is 4.79 Å². The van der Waals surface area contributed by atoms with Gasteiger partial charge in [0.05, 0.1) is 35.3 Å². The molecule has 2 atom stereocenters. The standard InChI is InChI=1S/C23H32FN5O4S/c1-16(2)22-21(13-25-29(22)20-7-5-19(24)6-8-20)23(30)26-9-11-27(12-10-26)34(31,32)28-14-17(3)33-18(4)15-28/h5-8,13,16-18H,9-12,14-15H2,1-4H3. The number of hydrogen-bond donors (Lipinski definition) is 0. The zero-order valence-electron chi connectivity index (χ0n) is 20.0.